The smallest absolute Gasteiger partial charge is 0.154 e. The van der Waals surface area contributed by atoms with Crippen LogP contribution < -0.4 is 9.46 Å². The Labute approximate surface area is 144 Å². The van der Waals surface area contributed by atoms with Gasteiger partial charge in [0.2, 0.25) is 0 Å². The molecule has 3 aromatic rings. The monoisotopic (exact) mass is 391 g/mol. The zero-order valence-electron chi connectivity index (χ0n) is 12.2. The van der Waals surface area contributed by atoms with E-state index in [-0.39, 0.29) is 5.75 Å². The van der Waals surface area contributed by atoms with E-state index in [1.165, 1.54) is 7.11 Å². The van der Waals surface area contributed by atoms with Crippen LogP contribution in [0.25, 0.3) is 10.8 Å². The Hall–Kier alpha value is -2.05. The molecule has 2 N–H and O–H groups in total. The van der Waals surface area contributed by atoms with Gasteiger partial charge in [0, 0.05) is 4.47 Å². The molecule has 0 saturated carbocycles. The topological polar surface area (TPSA) is 58.6 Å². The van der Waals surface area contributed by atoms with Crippen molar-refractivity contribution < 1.29 is 14.1 Å². The number of rotatable bonds is 4. The molecule has 118 valence electrons. The van der Waals surface area contributed by atoms with Gasteiger partial charge in [-0.25, -0.2) is 4.21 Å². The van der Waals surface area contributed by atoms with Crippen LogP contribution in [0.3, 0.4) is 0 Å². The second-order valence-electron chi connectivity index (χ2n) is 4.88. The van der Waals surface area contributed by atoms with Crippen LogP contribution in [0.5, 0.6) is 11.5 Å². The molecule has 4 nitrogen and oxygen atoms in total. The molecule has 0 spiro atoms. The van der Waals surface area contributed by atoms with Crippen molar-refractivity contribution in [2.45, 2.75) is 4.90 Å². The maximum atomic E-state index is 12.6. The van der Waals surface area contributed by atoms with E-state index in [0.717, 1.165) is 15.2 Å². The van der Waals surface area contributed by atoms with Crippen LogP contribution in [0.15, 0.2) is 64.0 Å². The van der Waals surface area contributed by atoms with Crippen LogP contribution in [0.2, 0.25) is 0 Å². The average Bonchev–Trinajstić information content (AvgIpc) is 2.55. The second-order valence-corrected chi connectivity index (χ2v) is 6.98. The summed E-state index contributed by atoms with van der Waals surface area (Å²) in [5.41, 5.74) is 0.407. The first-order valence-corrected chi connectivity index (χ1v) is 8.76. The summed E-state index contributed by atoms with van der Waals surface area (Å²) in [5.74, 6) is 0.560. The largest absolute Gasteiger partial charge is 0.506 e. The summed E-state index contributed by atoms with van der Waals surface area (Å²) in [4.78, 5) is 0.495. The molecule has 0 heterocycles. The van der Waals surface area contributed by atoms with Crippen molar-refractivity contribution in [2.75, 3.05) is 11.8 Å². The molecule has 6 heteroatoms. The van der Waals surface area contributed by atoms with E-state index < -0.39 is 11.0 Å². The van der Waals surface area contributed by atoms with E-state index in [1.54, 1.807) is 24.3 Å². The van der Waals surface area contributed by atoms with E-state index in [0.29, 0.717) is 16.3 Å². The molecule has 0 aliphatic rings. The summed E-state index contributed by atoms with van der Waals surface area (Å²) >= 11 is 3.36. The van der Waals surface area contributed by atoms with Gasteiger partial charge in [-0.1, -0.05) is 40.2 Å². The SMILES string of the molecule is COc1ccc(Br)cc1S(=O)Nc1cc2ccccc2cc1O. The van der Waals surface area contributed by atoms with E-state index >= 15 is 0 Å². The van der Waals surface area contributed by atoms with Gasteiger partial charge in [-0.3, -0.25) is 4.72 Å². The van der Waals surface area contributed by atoms with E-state index in [2.05, 4.69) is 20.7 Å². The number of benzene rings is 3. The fourth-order valence-corrected chi connectivity index (χ4v) is 3.81. The fourth-order valence-electron chi connectivity index (χ4n) is 2.26. The predicted molar refractivity (Wildman–Crippen MR) is 96.3 cm³/mol. The number of anilines is 1. The number of methoxy groups -OCH3 is 1. The number of hydrogen-bond acceptors (Lipinski definition) is 3. The number of hydrogen-bond donors (Lipinski definition) is 2. The van der Waals surface area contributed by atoms with Crippen LogP contribution in [0, 0.1) is 0 Å². The highest BCUT2D eigenvalue weighted by molar-refractivity contribution is 9.10. The second kappa shape index (κ2) is 6.60. The third-order valence-corrected chi connectivity index (χ3v) is 5.01. The Morgan fingerprint density at radius 2 is 1.78 bits per heavy atom. The first-order valence-electron chi connectivity index (χ1n) is 6.82. The average molecular weight is 392 g/mol. The summed E-state index contributed by atoms with van der Waals surface area (Å²) in [6.07, 6.45) is 0. The zero-order valence-corrected chi connectivity index (χ0v) is 14.6. The normalized spacial score (nSPS) is 12.1. The fraction of sp³-hybridized carbons (Fsp3) is 0.0588. The van der Waals surface area contributed by atoms with Gasteiger partial charge in [0.05, 0.1) is 12.8 Å². The van der Waals surface area contributed by atoms with Gasteiger partial charge in [-0.2, -0.15) is 0 Å². The van der Waals surface area contributed by atoms with Crippen LogP contribution in [-0.4, -0.2) is 16.4 Å². The van der Waals surface area contributed by atoms with E-state index in [1.807, 2.05) is 30.3 Å². The van der Waals surface area contributed by atoms with E-state index in [4.69, 9.17) is 4.74 Å². The highest BCUT2D eigenvalue weighted by atomic mass is 79.9. The van der Waals surface area contributed by atoms with Gasteiger partial charge in [0.25, 0.3) is 0 Å². The van der Waals surface area contributed by atoms with Gasteiger partial charge in [0.15, 0.2) is 11.0 Å². The lowest BCUT2D eigenvalue weighted by atomic mass is 10.1. The van der Waals surface area contributed by atoms with Crippen molar-refractivity contribution >= 4 is 43.4 Å². The minimum atomic E-state index is -1.57. The molecule has 0 aliphatic heterocycles. The maximum absolute atomic E-state index is 12.6. The number of phenolic OH excluding ortho intramolecular Hbond substituents is 1. The molecule has 0 saturated heterocycles. The third kappa shape index (κ3) is 3.33. The van der Waals surface area contributed by atoms with Crippen LogP contribution >= 0.6 is 15.9 Å². The lowest BCUT2D eigenvalue weighted by molar-refractivity contribution is 0.404. The molecule has 1 atom stereocenters. The Balaban J connectivity index is 1.97. The minimum Gasteiger partial charge on any atom is -0.506 e. The Morgan fingerprint density at radius 1 is 1.09 bits per heavy atom. The van der Waals surface area contributed by atoms with Crippen molar-refractivity contribution in [1.82, 2.24) is 0 Å². The molecule has 0 aromatic heterocycles. The summed E-state index contributed by atoms with van der Waals surface area (Å²) in [5, 5.41) is 12.0. The van der Waals surface area contributed by atoms with E-state index in [9.17, 15) is 9.32 Å². The van der Waals surface area contributed by atoms with Crippen molar-refractivity contribution in [1.29, 1.82) is 0 Å². The molecule has 0 fully saturated rings. The van der Waals surface area contributed by atoms with Crippen LogP contribution in [0.1, 0.15) is 0 Å². The summed E-state index contributed by atoms with van der Waals surface area (Å²) in [6, 6.07) is 16.3. The molecule has 23 heavy (non-hydrogen) atoms. The highest BCUT2D eigenvalue weighted by Crippen LogP contribution is 2.32. The number of fused-ring (bicyclic) bond motifs is 1. The lowest BCUT2D eigenvalue weighted by Gasteiger charge is -2.12. The standard InChI is InChI=1S/C17H14BrNO3S/c1-22-16-7-6-13(18)10-17(16)23(21)19-14-8-11-4-2-3-5-12(11)9-15(14)20/h2-10,19-20H,1H3. The van der Waals surface area contributed by atoms with Crippen molar-refractivity contribution in [3.63, 3.8) is 0 Å². The number of phenols is 1. The van der Waals surface area contributed by atoms with Crippen molar-refractivity contribution in [3.8, 4) is 11.5 Å². The molecule has 0 radical (unpaired) electrons. The highest BCUT2D eigenvalue weighted by Gasteiger charge is 2.14. The minimum absolute atomic E-state index is 0.0472. The molecule has 1 unspecified atom stereocenters. The Bertz CT molecular complexity index is 898. The number of halogens is 1. The molecule has 3 rings (SSSR count). The first-order chi connectivity index (χ1) is 11.1. The molecule has 0 bridgehead atoms. The molecule has 0 amide bonds. The maximum Gasteiger partial charge on any atom is 0.154 e. The summed E-state index contributed by atoms with van der Waals surface area (Å²) in [7, 11) is -0.0491. The number of ether oxygens (including phenoxy) is 1. The van der Waals surface area contributed by atoms with Gasteiger partial charge in [-0.15, -0.1) is 0 Å². The number of nitrogens with one attached hydrogen (secondary N) is 1. The zero-order chi connectivity index (χ0) is 16.4. The van der Waals surface area contributed by atoms with Crippen molar-refractivity contribution in [2.24, 2.45) is 0 Å². The molecule has 0 aliphatic carbocycles. The number of aromatic hydroxyl groups is 1. The van der Waals surface area contributed by atoms with Crippen LogP contribution in [-0.2, 0) is 11.0 Å². The Morgan fingerprint density at radius 3 is 2.48 bits per heavy atom. The summed E-state index contributed by atoms with van der Waals surface area (Å²) in [6.45, 7) is 0. The van der Waals surface area contributed by atoms with Gasteiger partial charge in [0.1, 0.15) is 16.4 Å². The Kier molecular flexibility index (Phi) is 4.54. The third-order valence-electron chi connectivity index (χ3n) is 3.39. The van der Waals surface area contributed by atoms with Gasteiger partial charge in [-0.05, 0) is 41.1 Å². The van der Waals surface area contributed by atoms with Gasteiger partial charge < -0.3 is 9.84 Å². The summed E-state index contributed by atoms with van der Waals surface area (Å²) < 4.78 is 21.5. The molecule has 3 aromatic carbocycles. The van der Waals surface area contributed by atoms with Gasteiger partial charge >= 0.3 is 0 Å². The molecular weight excluding hydrogens is 378 g/mol. The first kappa shape index (κ1) is 15.8. The van der Waals surface area contributed by atoms with Crippen molar-refractivity contribution in [3.05, 3.63) is 59.1 Å². The van der Waals surface area contributed by atoms with Crippen LogP contribution in [0.4, 0.5) is 5.69 Å². The predicted octanol–water partition coefficient (Wildman–Crippen LogP) is 4.45. The lowest BCUT2D eigenvalue weighted by Crippen LogP contribution is -2.06. The quantitative estimate of drug-likeness (QED) is 0.645. The molecular formula is C17H14BrNO3S.